The quantitative estimate of drug-likeness (QED) is 0.237. The third-order valence-corrected chi connectivity index (χ3v) is 8.56. The molecule has 1 aromatic carbocycles. The number of hydrogen-bond acceptors (Lipinski definition) is 8. The standard InChI is InChI=1S/C27H29N7O4S/c28-23-21-17(5-1-6-18(21)27(37)32-34-10-12-38-13-11-34)24-22(23)25(31-30-24)26-19(29-15-35)14-16(39-26)4-2-8-33-9-3-7-20(33)36/h1,5-6,14-15,28H,2-4,7-13H2,(H,29,35)(H,30,31)(H,32,37). The molecule has 4 N–H and O–H groups in total. The molecule has 2 aliphatic heterocycles. The normalized spacial score (nSPS) is 16.9. The van der Waals surface area contributed by atoms with E-state index in [1.54, 1.807) is 12.1 Å². The number of anilines is 1. The van der Waals surface area contributed by atoms with E-state index in [1.807, 2.05) is 22.0 Å². The highest BCUT2D eigenvalue weighted by atomic mass is 32.1. The molecule has 12 heteroatoms. The van der Waals surface area contributed by atoms with Crippen molar-refractivity contribution >= 4 is 41.0 Å². The number of fused-ring (bicyclic) bond motifs is 3. The number of nitrogens with one attached hydrogen (secondary N) is 4. The van der Waals surface area contributed by atoms with Crippen LogP contribution < -0.4 is 10.7 Å². The summed E-state index contributed by atoms with van der Waals surface area (Å²) in [6.07, 6.45) is 3.79. The summed E-state index contributed by atoms with van der Waals surface area (Å²) >= 11 is 1.53. The maximum atomic E-state index is 13.2. The zero-order chi connectivity index (χ0) is 26.9. The van der Waals surface area contributed by atoms with E-state index in [4.69, 9.17) is 10.1 Å². The number of aryl methyl sites for hydroxylation is 1. The number of nitrogens with zero attached hydrogens (tertiary/aromatic N) is 3. The number of rotatable bonds is 9. The number of hydrazine groups is 1. The molecule has 0 saturated carbocycles. The first-order valence-electron chi connectivity index (χ1n) is 13.1. The molecule has 1 aliphatic carbocycles. The topological polar surface area (TPSA) is 144 Å². The van der Waals surface area contributed by atoms with Gasteiger partial charge in [-0.3, -0.25) is 30.3 Å². The van der Waals surface area contributed by atoms with Crippen molar-refractivity contribution in [3.05, 3.63) is 45.8 Å². The van der Waals surface area contributed by atoms with E-state index in [2.05, 4.69) is 20.9 Å². The van der Waals surface area contributed by atoms with Gasteiger partial charge in [-0.15, -0.1) is 11.3 Å². The van der Waals surface area contributed by atoms with Gasteiger partial charge in [0.05, 0.1) is 46.3 Å². The molecule has 3 aliphatic rings. The fourth-order valence-corrected chi connectivity index (χ4v) is 6.63. The molecule has 2 aromatic heterocycles. The number of likely N-dealkylation sites (tertiary alicyclic amines) is 1. The number of carbonyl (C=O) groups excluding carboxylic acids is 3. The Morgan fingerprint density at radius 2 is 2.08 bits per heavy atom. The SMILES string of the molecule is N=C1c2c(C(=O)NN3CCOCC3)cccc2-c2n[nH]c(-c3sc(CCCN4CCCC4=O)cc3NC=O)c21. The molecule has 39 heavy (non-hydrogen) atoms. The molecule has 3 amide bonds. The summed E-state index contributed by atoms with van der Waals surface area (Å²) in [5.74, 6) is -0.0540. The van der Waals surface area contributed by atoms with Crippen LogP contribution in [-0.4, -0.2) is 83.4 Å². The van der Waals surface area contributed by atoms with Gasteiger partial charge in [0.2, 0.25) is 12.3 Å². The van der Waals surface area contributed by atoms with Gasteiger partial charge in [-0.25, -0.2) is 5.01 Å². The summed E-state index contributed by atoms with van der Waals surface area (Å²) in [5, 5.41) is 21.3. The number of ether oxygens (including phenoxy) is 1. The molecule has 11 nitrogen and oxygen atoms in total. The fraction of sp³-hybridized carbons (Fsp3) is 0.370. The first-order chi connectivity index (χ1) is 19.0. The summed E-state index contributed by atoms with van der Waals surface area (Å²) < 4.78 is 5.36. The number of aromatic amines is 1. The average molecular weight is 548 g/mol. The van der Waals surface area contributed by atoms with Gasteiger partial charge in [0.15, 0.2) is 0 Å². The minimum Gasteiger partial charge on any atom is -0.379 e. The minimum absolute atomic E-state index is 0.217. The molecule has 2 fully saturated rings. The Morgan fingerprint density at radius 3 is 2.85 bits per heavy atom. The van der Waals surface area contributed by atoms with Crippen LogP contribution in [0.1, 0.15) is 45.6 Å². The maximum Gasteiger partial charge on any atom is 0.266 e. The number of carbonyl (C=O) groups is 3. The Kier molecular flexibility index (Phi) is 6.98. The van der Waals surface area contributed by atoms with Crippen molar-refractivity contribution in [2.45, 2.75) is 25.7 Å². The molecule has 6 rings (SSSR count). The summed E-state index contributed by atoms with van der Waals surface area (Å²) in [5.41, 5.74) is 7.36. The molecule has 0 atom stereocenters. The lowest BCUT2D eigenvalue weighted by atomic mass is 10.00. The molecular formula is C27H29N7O4S. The molecular weight excluding hydrogens is 518 g/mol. The average Bonchev–Trinajstić information content (AvgIpc) is 3.71. The van der Waals surface area contributed by atoms with E-state index in [0.29, 0.717) is 72.9 Å². The van der Waals surface area contributed by atoms with Crippen LogP contribution in [0.2, 0.25) is 0 Å². The third kappa shape index (κ3) is 4.75. The number of H-pyrrole nitrogens is 1. The first-order valence-corrected chi connectivity index (χ1v) is 13.9. The van der Waals surface area contributed by atoms with Crippen LogP contribution in [0.15, 0.2) is 24.3 Å². The summed E-state index contributed by atoms with van der Waals surface area (Å²) in [4.78, 5) is 40.3. The van der Waals surface area contributed by atoms with Crippen LogP contribution in [0.4, 0.5) is 5.69 Å². The zero-order valence-electron chi connectivity index (χ0n) is 21.3. The van der Waals surface area contributed by atoms with Gasteiger partial charge in [-0.1, -0.05) is 12.1 Å². The van der Waals surface area contributed by atoms with E-state index in [9.17, 15) is 14.4 Å². The van der Waals surface area contributed by atoms with Crippen LogP contribution in [-0.2, 0) is 20.7 Å². The Balaban J connectivity index is 1.26. The molecule has 0 spiro atoms. The minimum atomic E-state index is -0.271. The van der Waals surface area contributed by atoms with Crippen LogP contribution >= 0.6 is 11.3 Å². The molecule has 0 radical (unpaired) electrons. The second kappa shape index (κ2) is 10.7. The Labute approximate surface area is 229 Å². The smallest absolute Gasteiger partial charge is 0.266 e. The van der Waals surface area contributed by atoms with Gasteiger partial charge in [-0.05, 0) is 31.4 Å². The maximum absolute atomic E-state index is 13.2. The van der Waals surface area contributed by atoms with Crippen LogP contribution in [0.3, 0.4) is 0 Å². The van der Waals surface area contributed by atoms with Gasteiger partial charge in [0.1, 0.15) is 5.69 Å². The largest absolute Gasteiger partial charge is 0.379 e. The molecule has 0 bridgehead atoms. The number of benzene rings is 1. The number of hydrogen-bond donors (Lipinski definition) is 4. The van der Waals surface area contributed by atoms with E-state index in [1.165, 1.54) is 11.3 Å². The number of aromatic nitrogens is 2. The first kappa shape index (κ1) is 25.4. The third-order valence-electron chi connectivity index (χ3n) is 7.35. The monoisotopic (exact) mass is 547 g/mol. The second-order valence-corrected chi connectivity index (χ2v) is 10.9. The fourth-order valence-electron chi connectivity index (χ4n) is 5.46. The molecule has 202 valence electrons. The second-order valence-electron chi connectivity index (χ2n) is 9.77. The van der Waals surface area contributed by atoms with Gasteiger partial charge in [0, 0.05) is 48.6 Å². The van der Waals surface area contributed by atoms with Crippen molar-refractivity contribution in [2.24, 2.45) is 0 Å². The zero-order valence-corrected chi connectivity index (χ0v) is 22.2. The van der Waals surface area contributed by atoms with Crippen LogP contribution in [0.25, 0.3) is 21.8 Å². The lowest BCUT2D eigenvalue weighted by molar-refractivity contribution is -0.127. The Morgan fingerprint density at radius 1 is 1.23 bits per heavy atom. The van der Waals surface area contributed by atoms with E-state index >= 15 is 0 Å². The summed E-state index contributed by atoms with van der Waals surface area (Å²) in [6, 6.07) is 7.35. The highest BCUT2D eigenvalue weighted by Crippen LogP contribution is 2.45. The van der Waals surface area contributed by atoms with E-state index in [0.717, 1.165) is 47.7 Å². The predicted molar refractivity (Wildman–Crippen MR) is 147 cm³/mol. The van der Waals surface area contributed by atoms with Crippen molar-refractivity contribution in [1.82, 2.24) is 25.5 Å². The lowest BCUT2D eigenvalue weighted by Gasteiger charge is -2.27. The van der Waals surface area contributed by atoms with Gasteiger partial charge in [-0.2, -0.15) is 5.10 Å². The highest BCUT2D eigenvalue weighted by molar-refractivity contribution is 7.16. The van der Waals surface area contributed by atoms with Crippen molar-refractivity contribution in [2.75, 3.05) is 44.7 Å². The van der Waals surface area contributed by atoms with Gasteiger partial charge >= 0.3 is 0 Å². The summed E-state index contributed by atoms with van der Waals surface area (Å²) in [6.45, 7) is 3.85. The van der Waals surface area contributed by atoms with Crippen LogP contribution in [0.5, 0.6) is 0 Å². The summed E-state index contributed by atoms with van der Waals surface area (Å²) in [7, 11) is 0. The molecule has 4 heterocycles. The number of amides is 3. The van der Waals surface area contributed by atoms with Crippen molar-refractivity contribution < 1.29 is 19.1 Å². The van der Waals surface area contributed by atoms with E-state index < -0.39 is 0 Å². The lowest BCUT2D eigenvalue weighted by Crippen LogP contribution is -2.48. The van der Waals surface area contributed by atoms with Crippen molar-refractivity contribution in [3.63, 3.8) is 0 Å². The van der Waals surface area contributed by atoms with E-state index in [-0.39, 0.29) is 17.5 Å². The number of morpholine rings is 1. The Bertz CT molecular complexity index is 1460. The van der Waals surface area contributed by atoms with Gasteiger partial charge in [0.25, 0.3) is 5.91 Å². The van der Waals surface area contributed by atoms with Crippen molar-refractivity contribution in [3.8, 4) is 21.8 Å². The predicted octanol–water partition coefficient (Wildman–Crippen LogP) is 2.64. The molecule has 2 saturated heterocycles. The van der Waals surface area contributed by atoms with Crippen molar-refractivity contribution in [1.29, 1.82) is 5.41 Å². The highest BCUT2D eigenvalue weighted by Gasteiger charge is 2.35. The Hall–Kier alpha value is -3.87. The van der Waals surface area contributed by atoms with Gasteiger partial charge < -0.3 is 15.0 Å². The molecule has 3 aromatic rings. The molecule has 0 unspecified atom stereocenters. The van der Waals surface area contributed by atoms with Crippen LogP contribution in [0, 0.1) is 5.41 Å². The number of thiophene rings is 1.